The second-order valence-corrected chi connectivity index (χ2v) is 4.87. The van der Waals surface area contributed by atoms with Crippen LogP contribution in [0.4, 0.5) is 10.2 Å². The predicted octanol–water partition coefficient (Wildman–Crippen LogP) is 4.36. The zero-order valence-corrected chi connectivity index (χ0v) is 11.6. The number of aromatic nitrogens is 1. The summed E-state index contributed by atoms with van der Waals surface area (Å²) in [6.45, 7) is 6.32. The Hall–Kier alpha value is -0.640. The van der Waals surface area contributed by atoms with Gasteiger partial charge in [-0.25, -0.2) is 9.37 Å². The molecule has 0 saturated carbocycles. The summed E-state index contributed by atoms with van der Waals surface area (Å²) in [6.07, 6.45) is 4.47. The third-order valence-electron chi connectivity index (χ3n) is 3.22. The van der Waals surface area contributed by atoms with Crippen molar-refractivity contribution in [1.82, 2.24) is 4.98 Å². The highest BCUT2D eigenvalue weighted by Gasteiger charge is 2.25. The second kappa shape index (κ2) is 5.62. The summed E-state index contributed by atoms with van der Waals surface area (Å²) < 4.78 is 14.3. The number of halogens is 2. The van der Waals surface area contributed by atoms with Crippen LogP contribution in [0.3, 0.4) is 0 Å². The van der Waals surface area contributed by atoms with Crippen molar-refractivity contribution in [3.05, 3.63) is 22.6 Å². The molecule has 1 heterocycles. The average Bonchev–Trinajstić information content (AvgIpc) is 2.29. The molecule has 0 unspecified atom stereocenters. The molecule has 16 heavy (non-hydrogen) atoms. The second-order valence-electron chi connectivity index (χ2n) is 3.95. The Labute approximate surface area is 105 Å². The molecule has 0 amide bonds. The largest absolute Gasteiger partial charge is 0.362 e. The predicted molar refractivity (Wildman–Crippen MR) is 69.1 cm³/mol. The standard InChI is InChI=1S/C12H18BrFN2/c1-4-12(5-2,6-3)16-11-10(14)7-9(13)8-15-11/h7-8H,4-6H2,1-3H3,(H,15,16). The molecule has 1 aromatic heterocycles. The fourth-order valence-electron chi connectivity index (χ4n) is 1.77. The lowest BCUT2D eigenvalue weighted by Crippen LogP contribution is -2.36. The molecule has 90 valence electrons. The van der Waals surface area contributed by atoms with Crippen LogP contribution in [0.1, 0.15) is 40.0 Å². The molecule has 0 radical (unpaired) electrons. The van der Waals surface area contributed by atoms with Gasteiger partial charge in [0.05, 0.1) is 0 Å². The average molecular weight is 289 g/mol. The van der Waals surface area contributed by atoms with Crippen LogP contribution in [0.2, 0.25) is 0 Å². The first-order valence-electron chi connectivity index (χ1n) is 5.66. The Morgan fingerprint density at radius 3 is 2.31 bits per heavy atom. The number of nitrogens with zero attached hydrogens (tertiary/aromatic N) is 1. The third-order valence-corrected chi connectivity index (χ3v) is 3.66. The fraction of sp³-hybridized carbons (Fsp3) is 0.583. The van der Waals surface area contributed by atoms with E-state index in [1.165, 1.54) is 6.07 Å². The number of nitrogens with one attached hydrogen (secondary N) is 1. The van der Waals surface area contributed by atoms with Gasteiger partial charge in [0.15, 0.2) is 11.6 Å². The smallest absolute Gasteiger partial charge is 0.166 e. The highest BCUT2D eigenvalue weighted by atomic mass is 79.9. The van der Waals surface area contributed by atoms with E-state index in [2.05, 4.69) is 47.0 Å². The Balaban J connectivity index is 2.93. The van der Waals surface area contributed by atoms with Crippen LogP contribution in [-0.2, 0) is 0 Å². The number of hydrogen-bond donors (Lipinski definition) is 1. The summed E-state index contributed by atoms with van der Waals surface area (Å²) in [7, 11) is 0. The van der Waals surface area contributed by atoms with Gasteiger partial charge in [-0.05, 0) is 41.3 Å². The number of hydrogen-bond acceptors (Lipinski definition) is 2. The minimum absolute atomic E-state index is 0.0539. The molecule has 0 saturated heterocycles. The normalized spacial score (nSPS) is 11.6. The Morgan fingerprint density at radius 1 is 1.31 bits per heavy atom. The van der Waals surface area contributed by atoms with Gasteiger partial charge in [0, 0.05) is 16.2 Å². The first-order chi connectivity index (χ1) is 7.56. The van der Waals surface area contributed by atoms with E-state index in [4.69, 9.17) is 0 Å². The first-order valence-corrected chi connectivity index (χ1v) is 6.45. The van der Waals surface area contributed by atoms with Gasteiger partial charge in [-0.1, -0.05) is 20.8 Å². The zero-order chi connectivity index (χ0) is 12.2. The molecule has 4 heteroatoms. The highest BCUT2D eigenvalue weighted by Crippen LogP contribution is 2.26. The van der Waals surface area contributed by atoms with Crippen molar-refractivity contribution in [2.24, 2.45) is 0 Å². The van der Waals surface area contributed by atoms with Gasteiger partial charge < -0.3 is 5.32 Å². The van der Waals surface area contributed by atoms with E-state index in [1.807, 2.05) is 0 Å². The van der Waals surface area contributed by atoms with Crippen LogP contribution in [0.5, 0.6) is 0 Å². The van der Waals surface area contributed by atoms with Gasteiger partial charge in [-0.2, -0.15) is 0 Å². The molecule has 0 atom stereocenters. The van der Waals surface area contributed by atoms with Crippen LogP contribution >= 0.6 is 15.9 Å². The fourth-order valence-corrected chi connectivity index (χ4v) is 2.08. The maximum atomic E-state index is 13.6. The number of pyridine rings is 1. The van der Waals surface area contributed by atoms with Crippen LogP contribution < -0.4 is 5.32 Å². The molecular weight excluding hydrogens is 271 g/mol. The highest BCUT2D eigenvalue weighted by molar-refractivity contribution is 9.10. The molecule has 0 aliphatic rings. The van der Waals surface area contributed by atoms with Gasteiger partial charge in [0.25, 0.3) is 0 Å². The summed E-state index contributed by atoms with van der Waals surface area (Å²) in [6, 6.07) is 1.43. The van der Waals surface area contributed by atoms with E-state index in [1.54, 1.807) is 6.20 Å². The van der Waals surface area contributed by atoms with Crippen LogP contribution in [-0.4, -0.2) is 10.5 Å². The van der Waals surface area contributed by atoms with Crippen molar-refractivity contribution in [3.8, 4) is 0 Å². The quantitative estimate of drug-likeness (QED) is 0.871. The van der Waals surface area contributed by atoms with Gasteiger partial charge in [-0.15, -0.1) is 0 Å². The SMILES string of the molecule is CCC(CC)(CC)Nc1ncc(Br)cc1F. The van der Waals surface area contributed by atoms with Gasteiger partial charge in [0.2, 0.25) is 0 Å². The molecular formula is C12H18BrFN2. The van der Waals surface area contributed by atoms with E-state index >= 15 is 0 Å². The van der Waals surface area contributed by atoms with Crippen molar-refractivity contribution in [2.45, 2.75) is 45.6 Å². The molecule has 1 rings (SSSR count). The summed E-state index contributed by atoms with van der Waals surface area (Å²) in [5.41, 5.74) is -0.0539. The monoisotopic (exact) mass is 288 g/mol. The molecule has 0 bridgehead atoms. The molecule has 1 aromatic rings. The van der Waals surface area contributed by atoms with Gasteiger partial charge in [-0.3, -0.25) is 0 Å². The molecule has 2 nitrogen and oxygen atoms in total. The van der Waals surface area contributed by atoms with E-state index in [9.17, 15) is 4.39 Å². The molecule has 0 spiro atoms. The van der Waals surface area contributed by atoms with Crippen molar-refractivity contribution < 1.29 is 4.39 Å². The van der Waals surface area contributed by atoms with E-state index in [0.29, 0.717) is 10.3 Å². The summed E-state index contributed by atoms with van der Waals surface area (Å²) in [5.74, 6) is 0.0304. The Bertz CT molecular complexity index is 343. The van der Waals surface area contributed by atoms with Crippen LogP contribution in [0.15, 0.2) is 16.7 Å². The molecule has 1 N–H and O–H groups in total. The lowest BCUT2D eigenvalue weighted by Gasteiger charge is -2.32. The topological polar surface area (TPSA) is 24.9 Å². The van der Waals surface area contributed by atoms with E-state index < -0.39 is 0 Å². The summed E-state index contributed by atoms with van der Waals surface area (Å²) in [5, 5.41) is 3.23. The molecule has 0 fully saturated rings. The number of anilines is 1. The van der Waals surface area contributed by atoms with Gasteiger partial charge in [0.1, 0.15) is 0 Å². The van der Waals surface area contributed by atoms with Crippen molar-refractivity contribution >= 4 is 21.7 Å². The lowest BCUT2D eigenvalue weighted by atomic mass is 9.90. The zero-order valence-electron chi connectivity index (χ0n) is 9.98. The molecule has 0 aromatic carbocycles. The Morgan fingerprint density at radius 2 is 1.88 bits per heavy atom. The summed E-state index contributed by atoms with van der Waals surface area (Å²) >= 11 is 3.20. The van der Waals surface area contributed by atoms with Crippen LogP contribution in [0.25, 0.3) is 0 Å². The molecule has 0 aliphatic carbocycles. The minimum Gasteiger partial charge on any atom is -0.362 e. The maximum absolute atomic E-state index is 13.6. The lowest BCUT2D eigenvalue weighted by molar-refractivity contribution is 0.415. The Kier molecular flexibility index (Phi) is 4.71. The van der Waals surface area contributed by atoms with Crippen molar-refractivity contribution in [2.75, 3.05) is 5.32 Å². The number of rotatable bonds is 5. The third kappa shape index (κ3) is 2.94. The van der Waals surface area contributed by atoms with Crippen LogP contribution in [0, 0.1) is 5.82 Å². The summed E-state index contributed by atoms with van der Waals surface area (Å²) in [4.78, 5) is 4.07. The van der Waals surface area contributed by atoms with E-state index in [-0.39, 0.29) is 11.4 Å². The first kappa shape index (κ1) is 13.4. The van der Waals surface area contributed by atoms with Crippen molar-refractivity contribution in [1.29, 1.82) is 0 Å². The maximum Gasteiger partial charge on any atom is 0.166 e. The van der Waals surface area contributed by atoms with Gasteiger partial charge >= 0.3 is 0 Å². The minimum atomic E-state index is -0.311. The van der Waals surface area contributed by atoms with E-state index in [0.717, 1.165) is 19.3 Å². The molecule has 0 aliphatic heterocycles. The van der Waals surface area contributed by atoms with Crippen molar-refractivity contribution in [3.63, 3.8) is 0 Å².